The van der Waals surface area contributed by atoms with Crippen molar-refractivity contribution in [1.82, 2.24) is 15.1 Å². The fourth-order valence-electron chi connectivity index (χ4n) is 3.55. The van der Waals surface area contributed by atoms with Gasteiger partial charge in [-0.1, -0.05) is 12.1 Å². The Morgan fingerprint density at radius 2 is 1.88 bits per heavy atom. The average molecular weight is 446 g/mol. The molecule has 8 heteroatoms. The average Bonchev–Trinajstić information content (AvgIpc) is 3.41. The van der Waals surface area contributed by atoms with E-state index in [9.17, 15) is 14.0 Å². The first kappa shape index (κ1) is 23.8. The van der Waals surface area contributed by atoms with E-state index in [2.05, 4.69) is 5.32 Å². The van der Waals surface area contributed by atoms with E-state index in [1.807, 2.05) is 20.8 Å². The van der Waals surface area contributed by atoms with Crippen molar-refractivity contribution in [3.63, 3.8) is 0 Å². The van der Waals surface area contributed by atoms with Gasteiger partial charge in [-0.3, -0.25) is 4.79 Å². The quantitative estimate of drug-likeness (QED) is 0.668. The Kier molecular flexibility index (Phi) is 7.90. The summed E-state index contributed by atoms with van der Waals surface area (Å²) >= 11 is 0. The maximum atomic E-state index is 13.3. The van der Waals surface area contributed by atoms with Gasteiger partial charge in [0.15, 0.2) is 0 Å². The fourth-order valence-corrected chi connectivity index (χ4v) is 3.55. The molecule has 0 radical (unpaired) electrons. The normalized spacial score (nSPS) is 16.1. The van der Waals surface area contributed by atoms with E-state index in [0.29, 0.717) is 18.9 Å². The van der Waals surface area contributed by atoms with Gasteiger partial charge in [0.1, 0.15) is 18.1 Å². The van der Waals surface area contributed by atoms with E-state index in [1.54, 1.807) is 35.4 Å². The van der Waals surface area contributed by atoms with E-state index in [4.69, 9.17) is 9.15 Å². The number of nitrogens with zero attached hydrogens (tertiary/aromatic N) is 2. The molecule has 1 aliphatic rings. The molecule has 1 atom stereocenters. The summed E-state index contributed by atoms with van der Waals surface area (Å²) in [6, 6.07) is 9.28. The minimum atomic E-state index is -0.434. The molecule has 1 unspecified atom stereocenters. The molecule has 0 spiro atoms. The highest BCUT2D eigenvalue weighted by Crippen LogP contribution is 2.16. The third kappa shape index (κ3) is 7.37. The van der Waals surface area contributed by atoms with Crippen molar-refractivity contribution in [3.8, 4) is 0 Å². The molecule has 3 amide bonds. The van der Waals surface area contributed by atoms with Crippen LogP contribution in [0.5, 0.6) is 0 Å². The van der Waals surface area contributed by atoms with Gasteiger partial charge in [0, 0.05) is 25.2 Å². The minimum Gasteiger partial charge on any atom is -0.467 e. The first-order valence-corrected chi connectivity index (χ1v) is 10.9. The number of rotatable bonds is 8. The molecule has 3 rings (SSSR count). The number of hydrogen-bond acceptors (Lipinski definition) is 4. The molecule has 2 heterocycles. The van der Waals surface area contributed by atoms with Crippen LogP contribution in [0.1, 0.15) is 44.9 Å². The summed E-state index contributed by atoms with van der Waals surface area (Å²) in [5.74, 6) is 0.0670. The number of furan rings is 1. The van der Waals surface area contributed by atoms with Crippen LogP contribution in [0.15, 0.2) is 47.1 Å². The van der Waals surface area contributed by atoms with Gasteiger partial charge >= 0.3 is 6.03 Å². The molecule has 1 aliphatic heterocycles. The summed E-state index contributed by atoms with van der Waals surface area (Å²) < 4.78 is 24.5. The molecule has 0 aliphatic carbocycles. The van der Waals surface area contributed by atoms with Crippen LogP contribution >= 0.6 is 0 Å². The maximum absolute atomic E-state index is 13.3. The van der Waals surface area contributed by atoms with Crippen LogP contribution < -0.4 is 5.32 Å². The van der Waals surface area contributed by atoms with Gasteiger partial charge in [0.2, 0.25) is 5.91 Å². The Hall–Kier alpha value is -2.87. The maximum Gasteiger partial charge on any atom is 0.318 e. The van der Waals surface area contributed by atoms with E-state index in [0.717, 1.165) is 18.4 Å². The summed E-state index contributed by atoms with van der Waals surface area (Å²) in [6.07, 6.45) is 3.28. The Bertz CT molecular complexity index is 872. The number of amides is 3. The lowest BCUT2D eigenvalue weighted by Crippen LogP contribution is -2.53. The first-order chi connectivity index (χ1) is 15.2. The van der Waals surface area contributed by atoms with Crippen molar-refractivity contribution in [3.05, 3.63) is 59.8 Å². The van der Waals surface area contributed by atoms with Crippen LogP contribution in [0.2, 0.25) is 0 Å². The van der Waals surface area contributed by atoms with E-state index in [-0.39, 0.29) is 43.5 Å². The zero-order valence-electron chi connectivity index (χ0n) is 19.0. The molecule has 2 aromatic rings. The first-order valence-electron chi connectivity index (χ1n) is 10.9. The van der Waals surface area contributed by atoms with Crippen molar-refractivity contribution in [1.29, 1.82) is 0 Å². The summed E-state index contributed by atoms with van der Waals surface area (Å²) in [5, 5.41) is 2.94. The highest BCUT2D eigenvalue weighted by Gasteiger charge is 2.28. The molecule has 1 aromatic heterocycles. The number of benzene rings is 1. The number of carbonyl (C=O) groups is 2. The highest BCUT2D eigenvalue weighted by atomic mass is 19.1. The predicted octanol–water partition coefficient (Wildman–Crippen LogP) is 3.94. The van der Waals surface area contributed by atoms with Gasteiger partial charge in [-0.25, -0.2) is 9.18 Å². The lowest BCUT2D eigenvalue weighted by atomic mass is 10.1. The third-order valence-corrected chi connectivity index (χ3v) is 5.11. The van der Waals surface area contributed by atoms with E-state index >= 15 is 0 Å². The molecule has 0 bridgehead atoms. The molecule has 32 heavy (non-hydrogen) atoms. The fraction of sp³-hybridized carbons (Fsp3) is 0.500. The zero-order chi connectivity index (χ0) is 23.1. The van der Waals surface area contributed by atoms with Gasteiger partial charge in [0.05, 0.1) is 18.9 Å². The summed E-state index contributed by atoms with van der Waals surface area (Å²) in [4.78, 5) is 29.4. The lowest BCUT2D eigenvalue weighted by molar-refractivity contribution is -0.133. The summed E-state index contributed by atoms with van der Waals surface area (Å²) in [6.45, 7) is 7.13. The Morgan fingerprint density at radius 3 is 2.47 bits per heavy atom. The second-order valence-electron chi connectivity index (χ2n) is 9.15. The highest BCUT2D eigenvalue weighted by molar-refractivity contribution is 5.84. The Balaban J connectivity index is 1.75. The molecule has 1 aromatic carbocycles. The van der Waals surface area contributed by atoms with E-state index in [1.165, 1.54) is 17.0 Å². The van der Waals surface area contributed by atoms with E-state index < -0.39 is 5.54 Å². The monoisotopic (exact) mass is 445 g/mol. The molecule has 1 N–H and O–H groups in total. The van der Waals surface area contributed by atoms with Crippen molar-refractivity contribution in [2.24, 2.45) is 0 Å². The number of halogens is 1. The van der Waals surface area contributed by atoms with Crippen molar-refractivity contribution in [2.75, 3.05) is 19.7 Å². The van der Waals surface area contributed by atoms with Crippen LogP contribution in [0.25, 0.3) is 0 Å². The van der Waals surface area contributed by atoms with Gasteiger partial charge in [0.25, 0.3) is 0 Å². The van der Waals surface area contributed by atoms with Crippen LogP contribution in [-0.4, -0.2) is 53.1 Å². The second-order valence-corrected chi connectivity index (χ2v) is 9.15. The largest absolute Gasteiger partial charge is 0.467 e. The smallest absolute Gasteiger partial charge is 0.318 e. The van der Waals surface area contributed by atoms with Crippen molar-refractivity contribution < 1.29 is 23.1 Å². The Morgan fingerprint density at radius 1 is 1.12 bits per heavy atom. The standard InChI is InChI=1S/C24H32FN3O4/c1-24(2,3)26-23(30)28(16-21-7-5-13-32-21)17-22(29)27(15-20-6-4-12-31-20)14-18-8-10-19(25)11-9-18/h4,6,8-12,21H,5,7,13-17H2,1-3H3,(H,26,30). The number of urea groups is 1. The topological polar surface area (TPSA) is 75.0 Å². The lowest BCUT2D eigenvalue weighted by Gasteiger charge is -2.31. The third-order valence-electron chi connectivity index (χ3n) is 5.11. The van der Waals surface area contributed by atoms with Crippen LogP contribution in [-0.2, 0) is 22.6 Å². The van der Waals surface area contributed by atoms with Crippen LogP contribution in [0, 0.1) is 5.82 Å². The number of hydrogen-bond donors (Lipinski definition) is 1. The number of carbonyl (C=O) groups excluding carboxylic acids is 2. The molecule has 174 valence electrons. The number of ether oxygens (including phenoxy) is 1. The molecular formula is C24H32FN3O4. The van der Waals surface area contributed by atoms with Gasteiger partial charge in [-0.15, -0.1) is 0 Å². The van der Waals surface area contributed by atoms with Gasteiger partial charge in [-0.2, -0.15) is 0 Å². The summed E-state index contributed by atoms with van der Waals surface area (Å²) in [5.41, 5.74) is 0.354. The Labute approximate surface area is 188 Å². The zero-order valence-corrected chi connectivity index (χ0v) is 19.0. The predicted molar refractivity (Wildman–Crippen MR) is 118 cm³/mol. The van der Waals surface area contributed by atoms with Crippen molar-refractivity contribution >= 4 is 11.9 Å². The summed E-state index contributed by atoms with van der Waals surface area (Å²) in [7, 11) is 0. The molecular weight excluding hydrogens is 413 g/mol. The van der Waals surface area contributed by atoms with Gasteiger partial charge < -0.3 is 24.3 Å². The van der Waals surface area contributed by atoms with Crippen LogP contribution in [0.4, 0.5) is 9.18 Å². The SMILES string of the molecule is CC(C)(C)NC(=O)N(CC(=O)N(Cc1ccc(F)cc1)Cc1ccco1)CC1CCCO1. The molecule has 1 fully saturated rings. The molecule has 0 saturated carbocycles. The minimum absolute atomic E-state index is 0.0795. The number of nitrogens with one attached hydrogen (secondary N) is 1. The van der Waals surface area contributed by atoms with Gasteiger partial charge in [-0.05, 0) is 63.4 Å². The van der Waals surface area contributed by atoms with Crippen LogP contribution in [0.3, 0.4) is 0 Å². The molecule has 7 nitrogen and oxygen atoms in total. The molecule has 1 saturated heterocycles. The second kappa shape index (κ2) is 10.6. The van der Waals surface area contributed by atoms with Crippen molar-refractivity contribution in [2.45, 2.75) is 58.3 Å².